The molecule has 134 valence electrons. The van der Waals surface area contributed by atoms with E-state index in [1.165, 1.54) is 23.7 Å². The van der Waals surface area contributed by atoms with Crippen molar-refractivity contribution in [3.8, 4) is 0 Å². The largest absolute Gasteiger partial charge is 0.481 e. The summed E-state index contributed by atoms with van der Waals surface area (Å²) in [5.74, 6) is -0.483. The summed E-state index contributed by atoms with van der Waals surface area (Å²) < 4.78 is 14.1. The van der Waals surface area contributed by atoms with Crippen molar-refractivity contribution in [1.82, 2.24) is 9.97 Å². The number of hydrogen-bond donors (Lipinski definition) is 1. The van der Waals surface area contributed by atoms with E-state index in [1.807, 2.05) is 16.3 Å². The SMILES string of the molecule is O=C(O)C1(Cc2ccccc2F)CCCN(c2ncnc3sccc23)C1. The second kappa shape index (κ2) is 6.64. The molecule has 3 heterocycles. The van der Waals surface area contributed by atoms with E-state index >= 15 is 0 Å². The van der Waals surface area contributed by atoms with Crippen molar-refractivity contribution >= 4 is 33.3 Å². The molecule has 0 spiro atoms. The van der Waals surface area contributed by atoms with E-state index in [-0.39, 0.29) is 12.2 Å². The second-order valence-electron chi connectivity index (χ2n) is 6.72. The Hall–Kier alpha value is -2.54. The number of anilines is 1. The highest BCUT2D eigenvalue weighted by Crippen LogP contribution is 2.38. The van der Waals surface area contributed by atoms with Crippen molar-refractivity contribution in [2.75, 3.05) is 18.0 Å². The third-order valence-electron chi connectivity index (χ3n) is 5.06. The summed E-state index contributed by atoms with van der Waals surface area (Å²) in [6, 6.07) is 8.37. The zero-order chi connectivity index (χ0) is 18.1. The van der Waals surface area contributed by atoms with Crippen molar-refractivity contribution in [2.24, 2.45) is 5.41 Å². The topological polar surface area (TPSA) is 66.3 Å². The molecule has 1 saturated heterocycles. The molecule has 5 nitrogen and oxygen atoms in total. The number of benzene rings is 1. The Balaban J connectivity index is 1.69. The van der Waals surface area contributed by atoms with E-state index in [1.54, 1.807) is 18.2 Å². The van der Waals surface area contributed by atoms with Gasteiger partial charge in [-0.15, -0.1) is 11.3 Å². The number of aliphatic carboxylic acids is 1. The first-order chi connectivity index (χ1) is 12.6. The minimum absolute atomic E-state index is 0.170. The van der Waals surface area contributed by atoms with Crippen LogP contribution >= 0.6 is 11.3 Å². The van der Waals surface area contributed by atoms with Gasteiger partial charge >= 0.3 is 5.97 Å². The van der Waals surface area contributed by atoms with E-state index in [0.29, 0.717) is 18.5 Å². The highest BCUT2D eigenvalue weighted by molar-refractivity contribution is 7.16. The number of nitrogens with zero attached hydrogens (tertiary/aromatic N) is 3. The normalized spacial score (nSPS) is 20.4. The zero-order valence-electron chi connectivity index (χ0n) is 14.1. The van der Waals surface area contributed by atoms with Crippen LogP contribution in [0.5, 0.6) is 0 Å². The maximum Gasteiger partial charge on any atom is 0.311 e. The van der Waals surface area contributed by atoms with Gasteiger partial charge < -0.3 is 10.0 Å². The van der Waals surface area contributed by atoms with Crippen LogP contribution in [0.1, 0.15) is 18.4 Å². The standard InChI is InChI=1S/C19H18FN3O2S/c20-15-5-2-1-4-13(15)10-19(18(24)25)7-3-8-23(11-19)16-14-6-9-26-17(14)22-12-21-16/h1-2,4-6,9,12H,3,7-8,10-11H2,(H,24,25). The van der Waals surface area contributed by atoms with Crippen LogP contribution in [0.15, 0.2) is 42.0 Å². The van der Waals surface area contributed by atoms with Gasteiger partial charge in [-0.2, -0.15) is 0 Å². The molecule has 0 bridgehead atoms. The molecule has 4 rings (SSSR count). The number of halogens is 1. The number of rotatable bonds is 4. The van der Waals surface area contributed by atoms with Gasteiger partial charge in [-0.3, -0.25) is 4.79 Å². The van der Waals surface area contributed by atoms with E-state index in [2.05, 4.69) is 9.97 Å². The molecule has 1 aromatic carbocycles. The minimum Gasteiger partial charge on any atom is -0.481 e. The maximum absolute atomic E-state index is 14.1. The van der Waals surface area contributed by atoms with Crippen molar-refractivity contribution in [3.05, 3.63) is 53.4 Å². The van der Waals surface area contributed by atoms with Crippen LogP contribution in [0.3, 0.4) is 0 Å². The molecule has 1 N–H and O–H groups in total. The molecule has 2 aromatic heterocycles. The number of fused-ring (bicyclic) bond motifs is 1. The predicted molar refractivity (Wildman–Crippen MR) is 99.0 cm³/mol. The number of carboxylic acid groups (broad SMARTS) is 1. The lowest BCUT2D eigenvalue weighted by Gasteiger charge is -2.40. The minimum atomic E-state index is -1.03. The van der Waals surface area contributed by atoms with Gasteiger partial charge in [0.05, 0.1) is 10.8 Å². The van der Waals surface area contributed by atoms with Crippen LogP contribution in [0.2, 0.25) is 0 Å². The van der Waals surface area contributed by atoms with Crippen molar-refractivity contribution < 1.29 is 14.3 Å². The number of aromatic nitrogens is 2. The predicted octanol–water partition coefficient (Wildman–Crippen LogP) is 3.74. The van der Waals surface area contributed by atoms with Gasteiger partial charge in [-0.25, -0.2) is 14.4 Å². The molecule has 1 unspecified atom stereocenters. The Morgan fingerprint density at radius 3 is 2.96 bits per heavy atom. The summed E-state index contributed by atoms with van der Waals surface area (Å²) >= 11 is 1.53. The number of carboxylic acids is 1. The van der Waals surface area contributed by atoms with Crippen molar-refractivity contribution in [3.63, 3.8) is 0 Å². The molecule has 1 aliphatic rings. The summed E-state index contributed by atoms with van der Waals surface area (Å²) in [4.78, 5) is 23.8. The quantitative estimate of drug-likeness (QED) is 0.757. The van der Waals surface area contributed by atoms with Gasteiger partial charge in [-0.05, 0) is 42.3 Å². The summed E-state index contributed by atoms with van der Waals surface area (Å²) in [6.07, 6.45) is 2.92. The van der Waals surface area contributed by atoms with E-state index in [9.17, 15) is 14.3 Å². The third-order valence-corrected chi connectivity index (χ3v) is 5.88. The van der Waals surface area contributed by atoms with Crippen LogP contribution in [0.4, 0.5) is 10.2 Å². The molecule has 1 atom stereocenters. The first-order valence-electron chi connectivity index (χ1n) is 8.49. The molecule has 26 heavy (non-hydrogen) atoms. The maximum atomic E-state index is 14.1. The Labute approximate surface area is 154 Å². The van der Waals surface area contributed by atoms with Gasteiger partial charge in [0.15, 0.2) is 0 Å². The average Bonchev–Trinajstić information content (AvgIpc) is 3.12. The summed E-state index contributed by atoms with van der Waals surface area (Å²) in [5.41, 5.74) is -0.589. The van der Waals surface area contributed by atoms with Crippen LogP contribution < -0.4 is 4.90 Å². The van der Waals surface area contributed by atoms with Gasteiger partial charge in [0.2, 0.25) is 0 Å². The number of carbonyl (C=O) groups is 1. The summed E-state index contributed by atoms with van der Waals surface area (Å²) in [6.45, 7) is 1.03. The second-order valence-corrected chi connectivity index (χ2v) is 7.61. The third kappa shape index (κ3) is 2.92. The number of thiophene rings is 1. The number of piperidine rings is 1. The average molecular weight is 371 g/mol. The van der Waals surface area contributed by atoms with Crippen molar-refractivity contribution in [2.45, 2.75) is 19.3 Å². The molecule has 0 aliphatic carbocycles. The molecular formula is C19H18FN3O2S. The Morgan fingerprint density at radius 2 is 2.15 bits per heavy atom. The Morgan fingerprint density at radius 1 is 1.31 bits per heavy atom. The fraction of sp³-hybridized carbons (Fsp3) is 0.316. The van der Waals surface area contributed by atoms with Gasteiger partial charge in [0, 0.05) is 13.1 Å². The lowest BCUT2D eigenvalue weighted by atomic mass is 9.75. The van der Waals surface area contributed by atoms with Crippen LogP contribution in [-0.2, 0) is 11.2 Å². The molecule has 0 saturated carbocycles. The zero-order valence-corrected chi connectivity index (χ0v) is 14.9. The van der Waals surface area contributed by atoms with Crippen LogP contribution in [0, 0.1) is 11.2 Å². The van der Waals surface area contributed by atoms with E-state index in [4.69, 9.17) is 0 Å². The summed E-state index contributed by atoms with van der Waals surface area (Å²) in [5, 5.41) is 12.9. The molecule has 3 aromatic rings. The van der Waals surface area contributed by atoms with Crippen LogP contribution in [-0.4, -0.2) is 34.1 Å². The molecule has 1 fully saturated rings. The van der Waals surface area contributed by atoms with E-state index < -0.39 is 11.4 Å². The molecule has 0 amide bonds. The fourth-order valence-corrected chi connectivity index (χ4v) is 4.47. The Kier molecular flexibility index (Phi) is 4.32. The fourth-order valence-electron chi connectivity index (χ4n) is 3.74. The lowest BCUT2D eigenvalue weighted by molar-refractivity contribution is -0.149. The Bertz CT molecular complexity index is 961. The number of hydrogen-bond acceptors (Lipinski definition) is 5. The summed E-state index contributed by atoms with van der Waals surface area (Å²) in [7, 11) is 0. The van der Waals surface area contributed by atoms with Gasteiger partial charge in [-0.1, -0.05) is 18.2 Å². The molecule has 7 heteroatoms. The lowest BCUT2D eigenvalue weighted by Crippen LogP contribution is -2.49. The molecule has 1 aliphatic heterocycles. The molecular weight excluding hydrogens is 353 g/mol. The van der Waals surface area contributed by atoms with E-state index in [0.717, 1.165) is 29.0 Å². The van der Waals surface area contributed by atoms with Crippen molar-refractivity contribution in [1.29, 1.82) is 0 Å². The highest BCUT2D eigenvalue weighted by Gasteiger charge is 2.43. The first kappa shape index (κ1) is 16.9. The van der Waals surface area contributed by atoms with Crippen LogP contribution in [0.25, 0.3) is 10.2 Å². The monoisotopic (exact) mass is 371 g/mol. The smallest absolute Gasteiger partial charge is 0.311 e. The molecule has 0 radical (unpaired) electrons. The van der Waals surface area contributed by atoms with Gasteiger partial charge in [0.25, 0.3) is 0 Å². The first-order valence-corrected chi connectivity index (χ1v) is 9.37. The van der Waals surface area contributed by atoms with Gasteiger partial charge in [0.1, 0.15) is 22.8 Å². The highest BCUT2D eigenvalue weighted by atomic mass is 32.1.